The molecule has 0 atom stereocenters. The zero-order chi connectivity index (χ0) is 12.5. The minimum absolute atomic E-state index is 0.0888. The molecule has 0 aliphatic carbocycles. The summed E-state index contributed by atoms with van der Waals surface area (Å²) in [5, 5.41) is 8.94. The first-order chi connectivity index (χ1) is 8.30. The van der Waals surface area contributed by atoms with Gasteiger partial charge in [-0.05, 0) is 31.5 Å². The highest BCUT2D eigenvalue weighted by Gasteiger charge is 2.08. The van der Waals surface area contributed by atoms with E-state index in [0.717, 1.165) is 16.2 Å². The quantitative estimate of drug-likeness (QED) is 0.573. The SMILES string of the molecule is CCOC(CSc1ccc(CO)cc1)OCC. The Morgan fingerprint density at radius 1 is 1.12 bits per heavy atom. The highest BCUT2D eigenvalue weighted by molar-refractivity contribution is 7.99. The smallest absolute Gasteiger partial charge is 0.166 e. The number of aliphatic hydroxyl groups is 1. The standard InChI is InChI=1S/C13H20O3S/c1-3-15-13(16-4-2)10-17-12-7-5-11(9-14)6-8-12/h5-8,13-14H,3-4,9-10H2,1-2H3. The molecular weight excluding hydrogens is 236 g/mol. The maximum absolute atomic E-state index is 8.94. The van der Waals surface area contributed by atoms with E-state index in [9.17, 15) is 0 Å². The first-order valence-electron chi connectivity index (χ1n) is 5.86. The average molecular weight is 256 g/mol. The monoisotopic (exact) mass is 256 g/mol. The van der Waals surface area contributed by atoms with Crippen molar-refractivity contribution in [2.45, 2.75) is 31.6 Å². The van der Waals surface area contributed by atoms with Crippen LogP contribution in [0, 0.1) is 0 Å². The van der Waals surface area contributed by atoms with Crippen molar-refractivity contribution in [2.75, 3.05) is 19.0 Å². The van der Waals surface area contributed by atoms with Crippen molar-refractivity contribution in [3.63, 3.8) is 0 Å². The maximum Gasteiger partial charge on any atom is 0.166 e. The van der Waals surface area contributed by atoms with Crippen molar-refractivity contribution in [1.29, 1.82) is 0 Å². The molecule has 17 heavy (non-hydrogen) atoms. The molecule has 1 rings (SSSR count). The lowest BCUT2D eigenvalue weighted by molar-refractivity contribution is -0.120. The van der Waals surface area contributed by atoms with E-state index in [4.69, 9.17) is 14.6 Å². The number of hydrogen-bond donors (Lipinski definition) is 1. The highest BCUT2D eigenvalue weighted by Crippen LogP contribution is 2.20. The van der Waals surface area contributed by atoms with Gasteiger partial charge in [-0.15, -0.1) is 11.8 Å². The fourth-order valence-electron chi connectivity index (χ4n) is 1.37. The number of hydrogen-bond acceptors (Lipinski definition) is 4. The number of ether oxygens (including phenoxy) is 2. The molecular formula is C13H20O3S. The molecule has 0 aromatic heterocycles. The second-order valence-electron chi connectivity index (χ2n) is 3.45. The first kappa shape index (κ1) is 14.5. The van der Waals surface area contributed by atoms with Crippen molar-refractivity contribution < 1.29 is 14.6 Å². The molecule has 3 nitrogen and oxygen atoms in total. The molecule has 1 aromatic carbocycles. The zero-order valence-electron chi connectivity index (χ0n) is 10.4. The van der Waals surface area contributed by atoms with E-state index >= 15 is 0 Å². The largest absolute Gasteiger partial charge is 0.392 e. The molecule has 1 N–H and O–H groups in total. The molecule has 0 saturated carbocycles. The van der Waals surface area contributed by atoms with Gasteiger partial charge in [0.1, 0.15) is 0 Å². The predicted molar refractivity (Wildman–Crippen MR) is 70.1 cm³/mol. The van der Waals surface area contributed by atoms with Crippen LogP contribution in [0.4, 0.5) is 0 Å². The van der Waals surface area contributed by atoms with Crippen LogP contribution in [0.2, 0.25) is 0 Å². The van der Waals surface area contributed by atoms with Crippen LogP contribution in [0.15, 0.2) is 29.2 Å². The molecule has 0 radical (unpaired) electrons. The van der Waals surface area contributed by atoms with Gasteiger partial charge in [-0.3, -0.25) is 0 Å². The lowest BCUT2D eigenvalue weighted by atomic mass is 10.2. The number of benzene rings is 1. The van der Waals surface area contributed by atoms with Crippen LogP contribution in [0.5, 0.6) is 0 Å². The van der Waals surface area contributed by atoms with Crippen molar-refractivity contribution in [3.05, 3.63) is 29.8 Å². The summed E-state index contributed by atoms with van der Waals surface area (Å²) in [6, 6.07) is 7.87. The summed E-state index contributed by atoms with van der Waals surface area (Å²) < 4.78 is 10.9. The van der Waals surface area contributed by atoms with Gasteiger partial charge >= 0.3 is 0 Å². The maximum atomic E-state index is 8.94. The first-order valence-corrected chi connectivity index (χ1v) is 6.84. The fourth-order valence-corrected chi connectivity index (χ4v) is 2.22. The van der Waals surface area contributed by atoms with Crippen LogP contribution in [0.1, 0.15) is 19.4 Å². The third kappa shape index (κ3) is 5.55. The molecule has 0 aliphatic heterocycles. The van der Waals surface area contributed by atoms with E-state index in [1.54, 1.807) is 11.8 Å². The molecule has 4 heteroatoms. The summed E-state index contributed by atoms with van der Waals surface area (Å²) in [5.41, 5.74) is 0.931. The molecule has 0 aliphatic rings. The van der Waals surface area contributed by atoms with Gasteiger partial charge in [-0.2, -0.15) is 0 Å². The summed E-state index contributed by atoms with van der Waals surface area (Å²) in [6.07, 6.45) is -0.146. The van der Waals surface area contributed by atoms with Crippen molar-refractivity contribution in [3.8, 4) is 0 Å². The minimum Gasteiger partial charge on any atom is -0.392 e. The minimum atomic E-state index is -0.146. The lowest BCUT2D eigenvalue weighted by Gasteiger charge is -2.16. The molecule has 0 saturated heterocycles. The third-order valence-electron chi connectivity index (χ3n) is 2.20. The van der Waals surface area contributed by atoms with Crippen LogP contribution in [0.25, 0.3) is 0 Å². The Bertz CT molecular complexity index is 294. The Kier molecular flexibility index (Phi) is 7.28. The van der Waals surface area contributed by atoms with E-state index in [1.807, 2.05) is 38.1 Å². The number of rotatable bonds is 8. The normalized spacial score (nSPS) is 11.1. The van der Waals surface area contributed by atoms with Crippen molar-refractivity contribution >= 4 is 11.8 Å². The fraction of sp³-hybridized carbons (Fsp3) is 0.538. The molecule has 0 bridgehead atoms. The second-order valence-corrected chi connectivity index (χ2v) is 4.55. The Morgan fingerprint density at radius 2 is 1.71 bits per heavy atom. The third-order valence-corrected chi connectivity index (χ3v) is 3.24. The summed E-state index contributed by atoms with van der Waals surface area (Å²) >= 11 is 1.70. The van der Waals surface area contributed by atoms with Crippen LogP contribution in [0.3, 0.4) is 0 Å². The molecule has 0 heterocycles. The molecule has 0 spiro atoms. The molecule has 96 valence electrons. The second kappa shape index (κ2) is 8.53. The Hall–Kier alpha value is -0.550. The van der Waals surface area contributed by atoms with Crippen LogP contribution in [-0.2, 0) is 16.1 Å². The van der Waals surface area contributed by atoms with E-state index in [1.165, 1.54) is 0 Å². The van der Waals surface area contributed by atoms with Crippen LogP contribution >= 0.6 is 11.8 Å². The summed E-state index contributed by atoms with van der Waals surface area (Å²) in [7, 11) is 0. The van der Waals surface area contributed by atoms with Gasteiger partial charge in [-0.1, -0.05) is 12.1 Å². The lowest BCUT2D eigenvalue weighted by Crippen LogP contribution is -2.19. The van der Waals surface area contributed by atoms with Gasteiger partial charge < -0.3 is 14.6 Å². The van der Waals surface area contributed by atoms with Crippen molar-refractivity contribution in [1.82, 2.24) is 0 Å². The van der Waals surface area contributed by atoms with Gasteiger partial charge in [0.25, 0.3) is 0 Å². The van der Waals surface area contributed by atoms with Crippen LogP contribution in [-0.4, -0.2) is 30.4 Å². The van der Waals surface area contributed by atoms with E-state index in [2.05, 4.69) is 0 Å². The van der Waals surface area contributed by atoms with E-state index < -0.39 is 0 Å². The highest BCUT2D eigenvalue weighted by atomic mass is 32.2. The summed E-state index contributed by atoms with van der Waals surface area (Å²) in [6.45, 7) is 5.34. The summed E-state index contributed by atoms with van der Waals surface area (Å²) in [5.74, 6) is 0.778. The van der Waals surface area contributed by atoms with Gasteiger partial charge in [-0.25, -0.2) is 0 Å². The molecule has 0 amide bonds. The van der Waals surface area contributed by atoms with Crippen LogP contribution < -0.4 is 0 Å². The van der Waals surface area contributed by atoms with E-state index in [0.29, 0.717) is 13.2 Å². The molecule has 1 aromatic rings. The number of thioether (sulfide) groups is 1. The van der Waals surface area contributed by atoms with Gasteiger partial charge in [0, 0.05) is 23.9 Å². The Labute approximate surface area is 107 Å². The van der Waals surface area contributed by atoms with Crippen molar-refractivity contribution in [2.24, 2.45) is 0 Å². The Balaban J connectivity index is 2.41. The molecule has 0 fully saturated rings. The van der Waals surface area contributed by atoms with Gasteiger partial charge in [0.05, 0.1) is 6.61 Å². The average Bonchev–Trinajstić information content (AvgIpc) is 2.37. The number of aliphatic hydroxyl groups excluding tert-OH is 1. The topological polar surface area (TPSA) is 38.7 Å². The predicted octanol–water partition coefficient (Wildman–Crippen LogP) is 2.67. The van der Waals surface area contributed by atoms with E-state index in [-0.39, 0.29) is 12.9 Å². The zero-order valence-corrected chi connectivity index (χ0v) is 11.2. The molecule has 0 unspecified atom stereocenters. The van der Waals surface area contributed by atoms with Gasteiger partial charge in [0.15, 0.2) is 6.29 Å². The summed E-state index contributed by atoms with van der Waals surface area (Å²) in [4.78, 5) is 1.16. The Morgan fingerprint density at radius 3 is 2.18 bits per heavy atom. The van der Waals surface area contributed by atoms with Gasteiger partial charge in [0.2, 0.25) is 0 Å².